The minimum Gasteiger partial charge on any atom is -0.495 e. The fourth-order valence-electron chi connectivity index (χ4n) is 2.84. The van der Waals surface area contributed by atoms with E-state index in [1.165, 1.54) is 12.1 Å². The fourth-order valence-corrected chi connectivity index (χ4v) is 2.84. The summed E-state index contributed by atoms with van der Waals surface area (Å²) in [4.78, 5) is 23.8. The molecule has 2 amide bonds. The van der Waals surface area contributed by atoms with Crippen molar-refractivity contribution in [1.82, 2.24) is 10.8 Å². The topological polar surface area (TPSA) is 96.9 Å². The molecule has 3 aromatic rings. The monoisotopic (exact) mass is 380 g/mol. The molecule has 0 atom stereocenters. The second kappa shape index (κ2) is 8.88. The number of ether oxygens (including phenoxy) is 2. The molecule has 0 aliphatic rings. The Hall–Kier alpha value is -3.58. The Morgan fingerprint density at radius 2 is 1.71 bits per heavy atom. The number of carbonyl (C=O) groups is 2. The molecule has 0 saturated carbocycles. The van der Waals surface area contributed by atoms with E-state index in [-0.39, 0.29) is 12.5 Å². The number of hydrogen-bond donors (Lipinski definition) is 3. The van der Waals surface area contributed by atoms with Gasteiger partial charge in [-0.2, -0.15) is 0 Å². The van der Waals surface area contributed by atoms with Gasteiger partial charge in [0.25, 0.3) is 11.8 Å². The van der Waals surface area contributed by atoms with Crippen molar-refractivity contribution in [3.05, 3.63) is 71.8 Å². The second-order valence-electron chi connectivity index (χ2n) is 5.94. The highest BCUT2D eigenvalue weighted by atomic mass is 16.5. The third kappa shape index (κ3) is 4.21. The number of nitrogens with one attached hydrogen (secondary N) is 2. The molecule has 0 bridgehead atoms. The van der Waals surface area contributed by atoms with Crippen LogP contribution in [0.15, 0.2) is 60.7 Å². The van der Waals surface area contributed by atoms with Gasteiger partial charge in [-0.1, -0.05) is 30.3 Å². The molecular weight excluding hydrogens is 360 g/mol. The number of hydrogen-bond acceptors (Lipinski definition) is 5. The molecule has 0 fully saturated rings. The van der Waals surface area contributed by atoms with Crippen LogP contribution in [0.4, 0.5) is 0 Å². The van der Waals surface area contributed by atoms with E-state index < -0.39 is 5.91 Å². The van der Waals surface area contributed by atoms with Crippen molar-refractivity contribution in [2.75, 3.05) is 20.3 Å². The van der Waals surface area contributed by atoms with Crippen molar-refractivity contribution < 1.29 is 24.3 Å². The summed E-state index contributed by atoms with van der Waals surface area (Å²) in [5.74, 6) is 0.241. The largest absolute Gasteiger partial charge is 0.495 e. The number of benzene rings is 3. The summed E-state index contributed by atoms with van der Waals surface area (Å²) in [5, 5.41) is 13.3. The van der Waals surface area contributed by atoms with Crippen molar-refractivity contribution in [3.63, 3.8) is 0 Å². The molecule has 7 heteroatoms. The highest BCUT2D eigenvalue weighted by Crippen LogP contribution is 2.29. The van der Waals surface area contributed by atoms with Gasteiger partial charge in [-0.3, -0.25) is 14.8 Å². The van der Waals surface area contributed by atoms with Crippen molar-refractivity contribution >= 4 is 22.6 Å². The van der Waals surface area contributed by atoms with E-state index in [4.69, 9.17) is 14.7 Å². The molecule has 0 aliphatic heterocycles. The van der Waals surface area contributed by atoms with E-state index in [0.717, 1.165) is 10.8 Å². The van der Waals surface area contributed by atoms with Crippen LogP contribution in [-0.2, 0) is 0 Å². The maximum Gasteiger partial charge on any atom is 0.274 e. The van der Waals surface area contributed by atoms with Crippen molar-refractivity contribution in [2.24, 2.45) is 0 Å². The normalized spacial score (nSPS) is 10.4. The highest BCUT2D eigenvalue weighted by molar-refractivity contribution is 6.03. The van der Waals surface area contributed by atoms with Crippen LogP contribution in [0.5, 0.6) is 11.5 Å². The van der Waals surface area contributed by atoms with E-state index >= 15 is 0 Å². The van der Waals surface area contributed by atoms with Gasteiger partial charge in [-0.25, -0.2) is 5.48 Å². The maximum absolute atomic E-state index is 12.5. The van der Waals surface area contributed by atoms with Crippen molar-refractivity contribution in [1.29, 1.82) is 0 Å². The van der Waals surface area contributed by atoms with E-state index in [1.807, 2.05) is 30.3 Å². The standard InChI is InChI=1S/C21H20N2O5/c1-27-19-17-5-3-2-4-14(17)8-11-18(19)21(25)22-12-13-28-16-9-6-15(7-10-16)20(24)23-26/h2-11,26H,12-13H2,1H3,(H,22,25)(H,23,24). The van der Waals surface area contributed by atoms with Crippen molar-refractivity contribution in [3.8, 4) is 11.5 Å². The first-order valence-electron chi connectivity index (χ1n) is 8.65. The molecular formula is C21H20N2O5. The zero-order valence-corrected chi connectivity index (χ0v) is 15.3. The molecule has 0 spiro atoms. The van der Waals surface area contributed by atoms with Gasteiger partial charge in [0.1, 0.15) is 18.1 Å². The minimum absolute atomic E-state index is 0.249. The van der Waals surface area contributed by atoms with Crippen LogP contribution in [0, 0.1) is 0 Å². The van der Waals surface area contributed by atoms with Crippen LogP contribution < -0.4 is 20.3 Å². The number of hydroxylamine groups is 1. The average Bonchev–Trinajstić information content (AvgIpc) is 2.75. The van der Waals surface area contributed by atoms with Crippen LogP contribution in [-0.4, -0.2) is 37.3 Å². The average molecular weight is 380 g/mol. The summed E-state index contributed by atoms with van der Waals surface area (Å²) in [6.45, 7) is 0.556. The zero-order valence-electron chi connectivity index (χ0n) is 15.3. The van der Waals surface area contributed by atoms with E-state index in [1.54, 1.807) is 30.8 Å². The van der Waals surface area contributed by atoms with Crippen LogP contribution >= 0.6 is 0 Å². The third-order valence-corrected chi connectivity index (χ3v) is 4.20. The Labute approximate surface area is 161 Å². The van der Waals surface area contributed by atoms with Gasteiger partial charge in [-0.05, 0) is 35.7 Å². The third-order valence-electron chi connectivity index (χ3n) is 4.20. The van der Waals surface area contributed by atoms with Gasteiger partial charge in [0.15, 0.2) is 0 Å². The second-order valence-corrected chi connectivity index (χ2v) is 5.94. The van der Waals surface area contributed by atoms with Gasteiger partial charge in [0.2, 0.25) is 0 Å². The van der Waals surface area contributed by atoms with E-state index in [2.05, 4.69) is 5.32 Å². The Bertz CT molecular complexity index is 986. The van der Waals surface area contributed by atoms with Crippen LogP contribution in [0.3, 0.4) is 0 Å². The van der Waals surface area contributed by atoms with Crippen LogP contribution in [0.25, 0.3) is 10.8 Å². The van der Waals surface area contributed by atoms with Gasteiger partial charge in [0, 0.05) is 10.9 Å². The summed E-state index contributed by atoms with van der Waals surface area (Å²) < 4.78 is 11.0. The molecule has 7 nitrogen and oxygen atoms in total. The first-order valence-corrected chi connectivity index (χ1v) is 8.65. The van der Waals surface area contributed by atoms with E-state index in [0.29, 0.717) is 29.2 Å². The molecule has 3 N–H and O–H groups in total. The van der Waals surface area contributed by atoms with Crippen LogP contribution in [0.2, 0.25) is 0 Å². The summed E-state index contributed by atoms with van der Waals surface area (Å²) in [7, 11) is 1.54. The molecule has 0 saturated heterocycles. The first-order chi connectivity index (χ1) is 13.6. The first kappa shape index (κ1) is 19.2. The minimum atomic E-state index is -0.594. The lowest BCUT2D eigenvalue weighted by Gasteiger charge is -2.12. The van der Waals surface area contributed by atoms with E-state index in [9.17, 15) is 9.59 Å². The molecule has 0 radical (unpaired) electrons. The predicted octanol–water partition coefficient (Wildman–Crippen LogP) is 2.78. The Balaban J connectivity index is 1.57. The quantitative estimate of drug-likeness (QED) is 0.333. The molecule has 3 aromatic carbocycles. The van der Waals surface area contributed by atoms with Gasteiger partial charge < -0.3 is 14.8 Å². The molecule has 28 heavy (non-hydrogen) atoms. The molecule has 3 rings (SSSR count). The predicted molar refractivity (Wildman–Crippen MR) is 104 cm³/mol. The Kier molecular flexibility index (Phi) is 6.08. The molecule has 0 aromatic heterocycles. The number of rotatable bonds is 7. The maximum atomic E-state index is 12.5. The molecule has 0 heterocycles. The summed E-state index contributed by atoms with van der Waals surface area (Å²) in [6.07, 6.45) is 0. The number of methoxy groups -OCH3 is 1. The highest BCUT2D eigenvalue weighted by Gasteiger charge is 2.14. The smallest absolute Gasteiger partial charge is 0.274 e. The Morgan fingerprint density at radius 1 is 0.964 bits per heavy atom. The number of carbonyl (C=O) groups excluding carboxylic acids is 2. The molecule has 0 unspecified atom stereocenters. The lowest BCUT2D eigenvalue weighted by atomic mass is 10.0. The fraction of sp³-hybridized carbons (Fsp3) is 0.143. The Morgan fingerprint density at radius 3 is 2.43 bits per heavy atom. The van der Waals surface area contributed by atoms with Gasteiger partial charge in [0.05, 0.1) is 19.2 Å². The summed E-state index contributed by atoms with van der Waals surface area (Å²) >= 11 is 0. The van der Waals surface area contributed by atoms with Crippen molar-refractivity contribution in [2.45, 2.75) is 0 Å². The molecule has 0 aliphatic carbocycles. The lowest BCUT2D eigenvalue weighted by molar-refractivity contribution is 0.0706. The SMILES string of the molecule is COc1c(C(=O)NCCOc2ccc(C(=O)NO)cc2)ccc2ccccc12. The number of fused-ring (bicyclic) bond motifs is 1. The lowest BCUT2D eigenvalue weighted by Crippen LogP contribution is -2.28. The van der Waals surface area contributed by atoms with Crippen LogP contribution in [0.1, 0.15) is 20.7 Å². The van der Waals surface area contributed by atoms with Gasteiger partial charge in [-0.15, -0.1) is 0 Å². The number of amides is 2. The van der Waals surface area contributed by atoms with Gasteiger partial charge >= 0.3 is 0 Å². The summed E-state index contributed by atoms with van der Waals surface area (Å²) in [6, 6.07) is 17.6. The zero-order chi connectivity index (χ0) is 19.9. The molecule has 144 valence electrons. The summed E-state index contributed by atoms with van der Waals surface area (Å²) in [5.41, 5.74) is 2.33.